The van der Waals surface area contributed by atoms with Crippen molar-refractivity contribution in [2.24, 2.45) is 0 Å². The number of sulfone groups is 1. The Morgan fingerprint density at radius 1 is 1.10 bits per heavy atom. The van der Waals surface area contributed by atoms with Crippen LogP contribution in [-0.2, 0) is 9.84 Å². The van der Waals surface area contributed by atoms with Crippen LogP contribution in [0.2, 0.25) is 0 Å². The number of aromatic nitrogens is 3. The lowest BCUT2D eigenvalue weighted by Gasteiger charge is -2.21. The molecule has 1 aromatic heterocycles. The van der Waals surface area contributed by atoms with Crippen molar-refractivity contribution in [3.8, 4) is 0 Å². The highest BCUT2D eigenvalue weighted by atomic mass is 32.2. The van der Waals surface area contributed by atoms with Crippen LogP contribution in [-0.4, -0.2) is 62.1 Å². The van der Waals surface area contributed by atoms with E-state index < -0.39 is 9.84 Å². The molecule has 114 valence electrons. The largest absolute Gasteiger partial charge is 0.368 e. The summed E-state index contributed by atoms with van der Waals surface area (Å²) in [7, 11) is -1.30. The van der Waals surface area contributed by atoms with Gasteiger partial charge < -0.3 is 15.5 Å². The fourth-order valence-corrected chi connectivity index (χ4v) is 2.20. The van der Waals surface area contributed by atoms with Gasteiger partial charge in [0, 0.05) is 32.9 Å². The van der Waals surface area contributed by atoms with Gasteiger partial charge in [0.25, 0.3) is 0 Å². The highest BCUT2D eigenvalue weighted by Gasteiger charge is 2.13. The lowest BCUT2D eigenvalue weighted by atomic mass is 10.5. The van der Waals surface area contributed by atoms with E-state index in [-0.39, 0.29) is 11.7 Å². The Bertz CT molecular complexity index is 544. The molecule has 20 heavy (non-hydrogen) atoms. The zero-order valence-corrected chi connectivity index (χ0v) is 13.2. The second-order valence-corrected chi connectivity index (χ2v) is 6.78. The first-order valence-corrected chi connectivity index (χ1v) is 8.48. The molecule has 0 aliphatic heterocycles. The monoisotopic (exact) mass is 302 g/mol. The molecule has 2 N–H and O–H groups in total. The number of nitrogen functional groups attached to an aromatic ring is 1. The average molecular weight is 302 g/mol. The molecule has 0 radical (unpaired) electrons. The molecule has 0 aliphatic carbocycles. The summed E-state index contributed by atoms with van der Waals surface area (Å²) in [6.45, 7) is 5.81. The van der Waals surface area contributed by atoms with Crippen molar-refractivity contribution in [2.45, 2.75) is 13.8 Å². The minimum Gasteiger partial charge on any atom is -0.368 e. The van der Waals surface area contributed by atoms with E-state index in [4.69, 9.17) is 5.73 Å². The number of nitrogens with zero attached hydrogens (tertiary/aromatic N) is 5. The molecule has 0 saturated carbocycles. The van der Waals surface area contributed by atoms with Crippen molar-refractivity contribution < 1.29 is 8.42 Å². The predicted octanol–water partition coefficient (Wildman–Crippen LogP) is -0.219. The van der Waals surface area contributed by atoms with Gasteiger partial charge in [0.15, 0.2) is 0 Å². The SMILES string of the molecule is CCN(CC)c1nc(N)nc(N(C)CCS(C)(=O)=O)n1. The van der Waals surface area contributed by atoms with Crippen LogP contribution in [0.5, 0.6) is 0 Å². The molecule has 0 atom stereocenters. The summed E-state index contributed by atoms with van der Waals surface area (Å²) in [4.78, 5) is 16.1. The van der Waals surface area contributed by atoms with E-state index >= 15 is 0 Å². The van der Waals surface area contributed by atoms with E-state index in [0.29, 0.717) is 18.4 Å². The molecule has 0 unspecified atom stereocenters. The van der Waals surface area contributed by atoms with Crippen LogP contribution in [0, 0.1) is 0 Å². The van der Waals surface area contributed by atoms with Crippen LogP contribution >= 0.6 is 0 Å². The van der Waals surface area contributed by atoms with E-state index in [2.05, 4.69) is 15.0 Å². The standard InChI is InChI=1S/C11H22N6O2S/c1-5-17(6-2)11-14-9(12)13-10(15-11)16(3)7-8-20(4,18)19/h5-8H2,1-4H3,(H2,12,13,14,15). The van der Waals surface area contributed by atoms with Crippen LogP contribution in [0.25, 0.3) is 0 Å². The first kappa shape index (κ1) is 16.4. The molecule has 1 heterocycles. The van der Waals surface area contributed by atoms with E-state index in [0.717, 1.165) is 13.1 Å². The number of hydrogen-bond acceptors (Lipinski definition) is 8. The van der Waals surface area contributed by atoms with Gasteiger partial charge in [0.05, 0.1) is 5.75 Å². The molecule has 0 bridgehead atoms. The summed E-state index contributed by atoms with van der Waals surface area (Å²) in [5.41, 5.74) is 5.69. The summed E-state index contributed by atoms with van der Waals surface area (Å²) in [5.74, 6) is 1.05. The van der Waals surface area contributed by atoms with E-state index in [1.807, 2.05) is 18.7 Å². The van der Waals surface area contributed by atoms with Gasteiger partial charge in [0.1, 0.15) is 9.84 Å². The maximum absolute atomic E-state index is 11.2. The van der Waals surface area contributed by atoms with Crippen LogP contribution in [0.4, 0.5) is 17.8 Å². The summed E-state index contributed by atoms with van der Waals surface area (Å²) >= 11 is 0. The highest BCUT2D eigenvalue weighted by Crippen LogP contribution is 2.14. The summed E-state index contributed by atoms with van der Waals surface area (Å²) < 4.78 is 22.4. The van der Waals surface area contributed by atoms with Crippen LogP contribution in [0.15, 0.2) is 0 Å². The third-order valence-corrected chi connectivity index (χ3v) is 3.74. The third-order valence-electron chi connectivity index (χ3n) is 2.81. The van der Waals surface area contributed by atoms with Gasteiger partial charge in [-0.1, -0.05) is 0 Å². The van der Waals surface area contributed by atoms with Crippen molar-refractivity contribution in [1.82, 2.24) is 15.0 Å². The van der Waals surface area contributed by atoms with Crippen molar-refractivity contribution >= 4 is 27.7 Å². The minimum absolute atomic E-state index is 0.0374. The number of hydrogen-bond donors (Lipinski definition) is 1. The van der Waals surface area contributed by atoms with Gasteiger partial charge in [-0.25, -0.2) is 8.42 Å². The van der Waals surface area contributed by atoms with Crippen molar-refractivity contribution in [2.75, 3.05) is 54.2 Å². The lowest BCUT2D eigenvalue weighted by molar-refractivity contribution is 0.601. The normalized spacial score (nSPS) is 11.4. The quantitative estimate of drug-likeness (QED) is 0.737. The first-order chi connectivity index (χ1) is 9.26. The first-order valence-electron chi connectivity index (χ1n) is 6.42. The predicted molar refractivity (Wildman–Crippen MR) is 80.8 cm³/mol. The fourth-order valence-electron chi connectivity index (χ4n) is 1.59. The molecule has 9 heteroatoms. The summed E-state index contributed by atoms with van der Waals surface area (Å²) in [5, 5.41) is 0. The van der Waals surface area contributed by atoms with Gasteiger partial charge in [-0.05, 0) is 13.8 Å². The van der Waals surface area contributed by atoms with Crippen LogP contribution < -0.4 is 15.5 Å². The van der Waals surface area contributed by atoms with Crippen LogP contribution in [0.1, 0.15) is 13.8 Å². The molecule has 0 spiro atoms. The van der Waals surface area contributed by atoms with Gasteiger partial charge >= 0.3 is 0 Å². The number of nitrogens with two attached hydrogens (primary N) is 1. The Morgan fingerprint density at radius 3 is 2.15 bits per heavy atom. The zero-order chi connectivity index (χ0) is 15.3. The topological polar surface area (TPSA) is 105 Å². The molecule has 0 saturated heterocycles. The van der Waals surface area contributed by atoms with Gasteiger partial charge in [-0.3, -0.25) is 0 Å². The van der Waals surface area contributed by atoms with E-state index in [1.165, 1.54) is 6.26 Å². The third kappa shape index (κ3) is 4.80. The maximum atomic E-state index is 11.2. The fraction of sp³-hybridized carbons (Fsp3) is 0.727. The molecular weight excluding hydrogens is 280 g/mol. The minimum atomic E-state index is -3.03. The lowest BCUT2D eigenvalue weighted by Crippen LogP contribution is -2.29. The molecule has 0 amide bonds. The Morgan fingerprint density at radius 2 is 1.65 bits per heavy atom. The smallest absolute Gasteiger partial charge is 0.231 e. The van der Waals surface area contributed by atoms with Crippen LogP contribution in [0.3, 0.4) is 0 Å². The Kier molecular flexibility index (Phi) is 5.49. The summed E-state index contributed by atoms with van der Waals surface area (Å²) in [6, 6.07) is 0. The Balaban J connectivity index is 2.94. The second-order valence-electron chi connectivity index (χ2n) is 4.52. The number of rotatable bonds is 7. The van der Waals surface area contributed by atoms with Gasteiger partial charge in [-0.2, -0.15) is 15.0 Å². The molecule has 1 rings (SSSR count). The van der Waals surface area contributed by atoms with Gasteiger partial charge in [-0.15, -0.1) is 0 Å². The van der Waals surface area contributed by atoms with E-state index in [1.54, 1.807) is 11.9 Å². The maximum Gasteiger partial charge on any atom is 0.231 e. The molecule has 1 aromatic rings. The average Bonchev–Trinajstić information content (AvgIpc) is 2.36. The summed E-state index contributed by atoms with van der Waals surface area (Å²) in [6.07, 6.45) is 1.20. The van der Waals surface area contributed by atoms with Gasteiger partial charge in [0.2, 0.25) is 17.8 Å². The molecular formula is C11H22N6O2S. The second kappa shape index (κ2) is 6.69. The van der Waals surface area contributed by atoms with E-state index in [9.17, 15) is 8.42 Å². The molecule has 8 nitrogen and oxygen atoms in total. The highest BCUT2D eigenvalue weighted by molar-refractivity contribution is 7.90. The zero-order valence-electron chi connectivity index (χ0n) is 12.4. The molecule has 0 aliphatic rings. The van der Waals surface area contributed by atoms with Crippen molar-refractivity contribution in [3.05, 3.63) is 0 Å². The Hall–Kier alpha value is -1.64. The molecule has 0 aromatic carbocycles. The van der Waals surface area contributed by atoms with Crippen molar-refractivity contribution in [1.29, 1.82) is 0 Å². The Labute approximate surface area is 119 Å². The molecule has 0 fully saturated rings. The number of anilines is 3. The van der Waals surface area contributed by atoms with Crippen molar-refractivity contribution in [3.63, 3.8) is 0 Å².